The minimum Gasteiger partial charge on any atom is -0.381 e. The molecule has 3 heteroatoms. The second kappa shape index (κ2) is 22.3. The Labute approximate surface area is 461 Å². The van der Waals surface area contributed by atoms with Crippen LogP contribution in [0.3, 0.4) is 0 Å². The second-order valence-corrected chi connectivity index (χ2v) is 22.3. The molecule has 3 nitrogen and oxygen atoms in total. The van der Waals surface area contributed by atoms with Crippen LogP contribution in [0.5, 0.6) is 0 Å². The topological polar surface area (TPSA) is 66.5 Å². The van der Waals surface area contributed by atoms with Gasteiger partial charge in [0.2, 0.25) is 0 Å². The predicted molar refractivity (Wildman–Crippen MR) is 324 cm³/mol. The smallest absolute Gasteiger partial charge is 0.166 e. The quantitative estimate of drug-likeness (QED) is 0.0796. The number of rotatable bonds is 13. The summed E-state index contributed by atoms with van der Waals surface area (Å²) in [5, 5.41) is 26.0. The molecule has 0 saturated heterocycles. The van der Waals surface area contributed by atoms with Crippen molar-refractivity contribution < 1.29 is 10.2 Å². The van der Waals surface area contributed by atoms with Gasteiger partial charge in [-0.1, -0.05) is 238 Å². The van der Waals surface area contributed by atoms with E-state index in [2.05, 4.69) is 212 Å². The minimum absolute atomic E-state index is 0.355. The average Bonchev–Trinajstić information content (AvgIpc) is 3.62. The van der Waals surface area contributed by atoms with Gasteiger partial charge in [0, 0.05) is 16.7 Å². The van der Waals surface area contributed by atoms with Crippen molar-refractivity contribution in [3.63, 3.8) is 0 Å². The fourth-order valence-corrected chi connectivity index (χ4v) is 13.3. The third-order valence-corrected chi connectivity index (χ3v) is 17.4. The fraction of sp³-hybridized carbons (Fsp3) is 0.227. The second-order valence-electron chi connectivity index (χ2n) is 22.3. The number of hydrogen-bond acceptors (Lipinski definition) is 3. The minimum atomic E-state index is -1.71. The first kappa shape index (κ1) is 50.9. The lowest BCUT2D eigenvalue weighted by Gasteiger charge is -2.35. The Morgan fingerprint density at radius 3 is 1.72 bits per heavy atom. The van der Waals surface area contributed by atoms with Crippen LogP contribution in [0.2, 0.25) is 0 Å². The summed E-state index contributed by atoms with van der Waals surface area (Å²) in [7, 11) is 0. The van der Waals surface area contributed by atoms with Gasteiger partial charge in [0.05, 0.1) is 0 Å². The van der Waals surface area contributed by atoms with Crippen molar-refractivity contribution in [2.24, 2.45) is 5.73 Å². The van der Waals surface area contributed by atoms with E-state index in [0.717, 1.165) is 104 Å². The van der Waals surface area contributed by atoms with Crippen LogP contribution >= 0.6 is 0 Å². The van der Waals surface area contributed by atoms with E-state index in [9.17, 15) is 10.2 Å². The van der Waals surface area contributed by atoms with E-state index in [1.165, 1.54) is 73.6 Å². The van der Waals surface area contributed by atoms with Crippen molar-refractivity contribution in [2.45, 2.75) is 107 Å². The third kappa shape index (κ3) is 10.1. The molecule has 2 atom stereocenters. The van der Waals surface area contributed by atoms with Crippen LogP contribution in [0.25, 0.3) is 61.2 Å². The third-order valence-electron chi connectivity index (χ3n) is 17.4. The summed E-state index contributed by atoms with van der Waals surface area (Å²) >= 11 is 0. The Kier molecular flexibility index (Phi) is 14.5. The van der Waals surface area contributed by atoms with Crippen molar-refractivity contribution >= 4 is 16.7 Å². The average molecular weight is 1020 g/mol. The highest BCUT2D eigenvalue weighted by Crippen LogP contribution is 2.51. The van der Waals surface area contributed by atoms with E-state index >= 15 is 0 Å². The molecule has 8 aromatic carbocycles. The first-order valence-electron chi connectivity index (χ1n) is 28.6. The molecule has 8 aromatic rings. The van der Waals surface area contributed by atoms with Gasteiger partial charge in [0.25, 0.3) is 0 Å². The summed E-state index contributed by atoms with van der Waals surface area (Å²) in [4.78, 5) is 0. The first-order valence-corrected chi connectivity index (χ1v) is 28.6. The van der Waals surface area contributed by atoms with Crippen molar-refractivity contribution in [1.82, 2.24) is 0 Å². The van der Waals surface area contributed by atoms with E-state index < -0.39 is 11.3 Å². The molecule has 0 aliphatic heterocycles. The molecule has 0 bridgehead atoms. The summed E-state index contributed by atoms with van der Waals surface area (Å²) in [5.41, 5.74) is 31.9. The molecule has 0 radical (unpaired) electrons. The SMILES string of the molecule is CC(O)(C1=CCCC(c2cccc(-c3cccc(-c4ccc(C(N)(O)c5ccc(C6CCCCC6)c(C6=C=C=CC=C6)c5)cc4C4CCCCC4)c3)c2)=C1c1ccccc1)c1cccc(-c2ccccc2)c1-c1ccccc1. The molecular weight excluding hydrogens is 947 g/mol. The van der Waals surface area contributed by atoms with Crippen LogP contribution in [0.4, 0.5) is 0 Å². The largest absolute Gasteiger partial charge is 0.381 e. The van der Waals surface area contributed by atoms with Gasteiger partial charge in [0.15, 0.2) is 5.72 Å². The summed E-state index contributed by atoms with van der Waals surface area (Å²) in [6.45, 7) is 1.99. The van der Waals surface area contributed by atoms with Gasteiger partial charge < -0.3 is 10.2 Å². The Morgan fingerprint density at radius 2 is 1.05 bits per heavy atom. The first-order chi connectivity index (χ1) is 38.2. The zero-order valence-electron chi connectivity index (χ0n) is 44.9. The molecule has 0 spiro atoms. The van der Waals surface area contributed by atoms with Gasteiger partial charge in [-0.3, -0.25) is 5.73 Å². The summed E-state index contributed by atoms with van der Waals surface area (Å²) < 4.78 is 0. The lowest BCUT2D eigenvalue weighted by atomic mass is 9.72. The molecule has 2 unspecified atom stereocenters. The van der Waals surface area contributed by atoms with E-state index in [1.807, 2.05) is 25.1 Å². The zero-order valence-corrected chi connectivity index (χ0v) is 44.9. The van der Waals surface area contributed by atoms with Crippen molar-refractivity contribution in [1.29, 1.82) is 0 Å². The number of allylic oxidation sites excluding steroid dienone is 6. The normalized spacial score (nSPS) is 17.5. The highest BCUT2D eigenvalue weighted by molar-refractivity contribution is 6.01. The maximum absolute atomic E-state index is 13.4. The lowest BCUT2D eigenvalue weighted by molar-refractivity contribution is 0.0882. The van der Waals surface area contributed by atoms with Gasteiger partial charge in [0.1, 0.15) is 5.60 Å². The van der Waals surface area contributed by atoms with Crippen LogP contribution in [-0.4, -0.2) is 10.2 Å². The van der Waals surface area contributed by atoms with Gasteiger partial charge >= 0.3 is 0 Å². The standard InChI is InChI=1S/C75H69NO2/c1-74(77,70-42-22-40-66(53-26-10-3-11-27-53)72(70)56-32-16-6-17-33-56)71-43-23-41-67(73(71)57-34-18-7-19-35-57)61-39-21-37-59(49-61)58-36-20-38-60(48-58)65-47-45-63(51-69(65)55-30-14-5-15-31-55)75(76,78)62-44-46-64(52-24-8-2-9-25-52)68(50-62)54-28-12-4-13-29-54/h3-4,6-7,10-12,16-22,26-28,32-40,42-52,55,77-78H,2,5,8-9,14-15,23-25,30-31,41,76H2,1H3. The molecule has 0 heterocycles. The van der Waals surface area contributed by atoms with E-state index in [0.29, 0.717) is 23.0 Å². The van der Waals surface area contributed by atoms with Crippen LogP contribution in [0.15, 0.2) is 235 Å². The Balaban J connectivity index is 0.922. The van der Waals surface area contributed by atoms with Crippen LogP contribution < -0.4 is 5.73 Å². The zero-order chi connectivity index (χ0) is 53.1. The molecule has 2 fully saturated rings. The van der Waals surface area contributed by atoms with Crippen molar-refractivity contribution in [3.05, 3.63) is 280 Å². The van der Waals surface area contributed by atoms with Crippen LogP contribution in [0.1, 0.15) is 140 Å². The molecule has 386 valence electrons. The maximum atomic E-state index is 13.4. The Bertz CT molecular complexity index is 3700. The van der Waals surface area contributed by atoms with Crippen LogP contribution in [0, 0.1) is 0 Å². The summed E-state index contributed by atoms with van der Waals surface area (Å²) in [5.74, 6) is 0.832. The van der Waals surface area contributed by atoms with Gasteiger partial charge in [-0.25, -0.2) is 0 Å². The van der Waals surface area contributed by atoms with Gasteiger partial charge in [-0.15, -0.1) is 0 Å². The summed E-state index contributed by atoms with van der Waals surface area (Å²) in [6, 6.07) is 68.9. The summed E-state index contributed by atoms with van der Waals surface area (Å²) in [6.07, 6.45) is 21.9. The number of benzene rings is 8. The highest BCUT2D eigenvalue weighted by atomic mass is 16.3. The molecule has 4 aliphatic rings. The monoisotopic (exact) mass is 1020 g/mol. The number of nitrogens with two attached hydrogens (primary N) is 1. The molecule has 0 amide bonds. The predicted octanol–water partition coefficient (Wildman–Crippen LogP) is 18.4. The molecule has 78 heavy (non-hydrogen) atoms. The molecular formula is C75H69NO2. The Hall–Kier alpha value is -7.84. The van der Waals surface area contributed by atoms with Gasteiger partial charge in [-0.2, -0.15) is 0 Å². The lowest BCUT2D eigenvalue weighted by Crippen LogP contribution is -2.38. The highest BCUT2D eigenvalue weighted by Gasteiger charge is 2.37. The Morgan fingerprint density at radius 1 is 0.487 bits per heavy atom. The molecule has 4 aliphatic carbocycles. The van der Waals surface area contributed by atoms with E-state index in [1.54, 1.807) is 0 Å². The van der Waals surface area contributed by atoms with E-state index in [4.69, 9.17) is 5.73 Å². The maximum Gasteiger partial charge on any atom is 0.166 e. The fourth-order valence-electron chi connectivity index (χ4n) is 13.3. The molecule has 0 aromatic heterocycles. The number of aliphatic hydroxyl groups is 2. The van der Waals surface area contributed by atoms with Crippen LogP contribution in [-0.2, 0) is 11.3 Å². The molecule has 12 rings (SSSR count). The van der Waals surface area contributed by atoms with Gasteiger partial charge in [-0.05, 0) is 182 Å². The van der Waals surface area contributed by atoms with E-state index in [-0.39, 0.29) is 0 Å². The molecule has 2 saturated carbocycles. The number of hydrogen-bond donors (Lipinski definition) is 3. The van der Waals surface area contributed by atoms with Crippen molar-refractivity contribution in [3.8, 4) is 44.5 Å². The van der Waals surface area contributed by atoms with Crippen molar-refractivity contribution in [2.75, 3.05) is 0 Å². The molecule has 4 N–H and O–H groups in total.